The molecule has 9 aromatic rings. The number of rotatable bonds is 4. The van der Waals surface area contributed by atoms with E-state index < -0.39 is 0 Å². The highest BCUT2D eigenvalue weighted by molar-refractivity contribution is 7.25. The zero-order valence-corrected chi connectivity index (χ0v) is 24.0. The van der Waals surface area contributed by atoms with Crippen molar-refractivity contribution in [3.05, 3.63) is 152 Å². The van der Waals surface area contributed by atoms with Gasteiger partial charge in [0.15, 0.2) is 5.58 Å². The third kappa shape index (κ3) is 3.86. The number of para-hydroxylation sites is 1. The molecule has 0 unspecified atom stereocenters. The fourth-order valence-electron chi connectivity index (χ4n) is 6.42. The Morgan fingerprint density at radius 3 is 2.07 bits per heavy atom. The van der Waals surface area contributed by atoms with Gasteiger partial charge in [-0.25, -0.2) is 0 Å². The highest BCUT2D eigenvalue weighted by atomic mass is 32.1. The summed E-state index contributed by atoms with van der Waals surface area (Å²) in [5.41, 5.74) is 7.25. The van der Waals surface area contributed by atoms with Crippen molar-refractivity contribution in [2.24, 2.45) is 0 Å². The van der Waals surface area contributed by atoms with E-state index in [1.807, 2.05) is 17.4 Å². The third-order valence-corrected chi connectivity index (χ3v) is 9.59. The summed E-state index contributed by atoms with van der Waals surface area (Å²) in [5, 5.41) is 7.20. The van der Waals surface area contributed by atoms with Gasteiger partial charge in [0, 0.05) is 47.9 Å². The Morgan fingerprint density at radius 2 is 1.16 bits per heavy atom. The lowest BCUT2D eigenvalue weighted by atomic mass is 9.98. The van der Waals surface area contributed by atoms with Gasteiger partial charge < -0.3 is 9.32 Å². The molecule has 2 heterocycles. The van der Waals surface area contributed by atoms with E-state index in [-0.39, 0.29) is 0 Å². The summed E-state index contributed by atoms with van der Waals surface area (Å²) in [6, 6.07) is 54.3. The minimum Gasteiger partial charge on any atom is -0.454 e. The van der Waals surface area contributed by atoms with E-state index in [1.54, 1.807) is 0 Å². The van der Waals surface area contributed by atoms with Gasteiger partial charge in [-0.2, -0.15) is 0 Å². The first kappa shape index (κ1) is 24.2. The van der Waals surface area contributed by atoms with Crippen LogP contribution in [0.4, 0.5) is 17.1 Å². The number of nitrogens with zero attached hydrogens (tertiary/aromatic N) is 1. The average molecular weight is 568 g/mol. The van der Waals surface area contributed by atoms with Crippen LogP contribution in [-0.4, -0.2) is 0 Å². The first-order valence-electron chi connectivity index (χ1n) is 14.5. The Bertz CT molecular complexity index is 2470. The zero-order chi connectivity index (χ0) is 28.3. The van der Waals surface area contributed by atoms with Gasteiger partial charge in [0.2, 0.25) is 0 Å². The van der Waals surface area contributed by atoms with Gasteiger partial charge in [-0.05, 0) is 64.9 Å². The molecule has 0 saturated heterocycles. The SMILES string of the molecule is c1ccc(-c2ccc3c(oc4ccccc43)c2N(c2ccc3ccccc3c2)c2ccc3sc4ccccc4c3c2)cc1. The Kier molecular flexibility index (Phi) is 5.40. The number of hydrogen-bond acceptors (Lipinski definition) is 3. The van der Waals surface area contributed by atoms with Crippen LogP contribution in [0.15, 0.2) is 156 Å². The van der Waals surface area contributed by atoms with E-state index in [2.05, 4.69) is 150 Å². The summed E-state index contributed by atoms with van der Waals surface area (Å²) in [4.78, 5) is 2.39. The summed E-state index contributed by atoms with van der Waals surface area (Å²) in [7, 11) is 0. The maximum absolute atomic E-state index is 6.76. The van der Waals surface area contributed by atoms with Crippen molar-refractivity contribution < 1.29 is 4.42 Å². The van der Waals surface area contributed by atoms with E-state index in [9.17, 15) is 0 Å². The summed E-state index contributed by atoms with van der Waals surface area (Å²) in [6.07, 6.45) is 0. The van der Waals surface area contributed by atoms with Gasteiger partial charge in [0.05, 0.1) is 5.69 Å². The first-order chi connectivity index (χ1) is 21.3. The van der Waals surface area contributed by atoms with Gasteiger partial charge in [-0.1, -0.05) is 103 Å². The van der Waals surface area contributed by atoms with E-state index in [4.69, 9.17) is 4.42 Å². The molecule has 0 aliphatic heterocycles. The van der Waals surface area contributed by atoms with Crippen LogP contribution >= 0.6 is 11.3 Å². The van der Waals surface area contributed by atoms with Crippen molar-refractivity contribution in [3.63, 3.8) is 0 Å². The molecule has 0 bridgehead atoms. The molecular weight excluding hydrogens is 543 g/mol. The normalized spacial score (nSPS) is 11.7. The summed E-state index contributed by atoms with van der Waals surface area (Å²) in [6.45, 7) is 0. The Balaban J connectivity index is 1.41. The van der Waals surface area contributed by atoms with Crippen LogP contribution in [0.25, 0.3) is 64.0 Å². The lowest BCUT2D eigenvalue weighted by Gasteiger charge is -2.28. The van der Waals surface area contributed by atoms with Gasteiger partial charge >= 0.3 is 0 Å². The average Bonchev–Trinajstić information content (AvgIpc) is 3.64. The van der Waals surface area contributed by atoms with Crippen molar-refractivity contribution >= 4 is 81.3 Å². The fourth-order valence-corrected chi connectivity index (χ4v) is 7.51. The summed E-state index contributed by atoms with van der Waals surface area (Å²) < 4.78 is 9.35. The maximum Gasteiger partial charge on any atom is 0.160 e. The van der Waals surface area contributed by atoms with E-state index in [0.717, 1.165) is 50.1 Å². The van der Waals surface area contributed by atoms with Gasteiger partial charge in [0.1, 0.15) is 5.58 Å². The van der Waals surface area contributed by atoms with Crippen LogP contribution in [0.5, 0.6) is 0 Å². The summed E-state index contributed by atoms with van der Waals surface area (Å²) in [5.74, 6) is 0. The van der Waals surface area contributed by atoms with Gasteiger partial charge in [0.25, 0.3) is 0 Å². The predicted molar refractivity (Wildman–Crippen MR) is 184 cm³/mol. The number of anilines is 3. The quantitative estimate of drug-likeness (QED) is 0.210. The molecule has 0 spiro atoms. The molecule has 0 aliphatic carbocycles. The van der Waals surface area contributed by atoms with Crippen LogP contribution in [0.1, 0.15) is 0 Å². The highest BCUT2D eigenvalue weighted by Gasteiger charge is 2.24. The van der Waals surface area contributed by atoms with Crippen LogP contribution in [-0.2, 0) is 0 Å². The summed E-state index contributed by atoms with van der Waals surface area (Å²) >= 11 is 1.84. The second kappa shape index (κ2) is 9.59. The molecule has 0 radical (unpaired) electrons. The zero-order valence-electron chi connectivity index (χ0n) is 23.2. The number of benzene rings is 7. The molecular formula is C40H25NOS. The van der Waals surface area contributed by atoms with Crippen molar-refractivity contribution in [1.82, 2.24) is 0 Å². The molecule has 43 heavy (non-hydrogen) atoms. The maximum atomic E-state index is 6.76. The lowest BCUT2D eigenvalue weighted by molar-refractivity contribution is 0.669. The molecule has 202 valence electrons. The molecule has 7 aromatic carbocycles. The largest absolute Gasteiger partial charge is 0.454 e. The first-order valence-corrected chi connectivity index (χ1v) is 15.3. The molecule has 3 heteroatoms. The second-order valence-corrected chi connectivity index (χ2v) is 12.0. The predicted octanol–water partition coefficient (Wildman–Crippen LogP) is 12.2. The Labute approximate surface area is 252 Å². The molecule has 9 rings (SSSR count). The molecule has 0 amide bonds. The third-order valence-electron chi connectivity index (χ3n) is 8.44. The van der Waals surface area contributed by atoms with Crippen molar-refractivity contribution in [3.8, 4) is 11.1 Å². The van der Waals surface area contributed by atoms with Crippen LogP contribution in [0, 0.1) is 0 Å². The van der Waals surface area contributed by atoms with Crippen molar-refractivity contribution in [1.29, 1.82) is 0 Å². The lowest BCUT2D eigenvalue weighted by Crippen LogP contribution is -2.11. The Morgan fingerprint density at radius 1 is 0.465 bits per heavy atom. The smallest absolute Gasteiger partial charge is 0.160 e. The number of thiophene rings is 1. The van der Waals surface area contributed by atoms with Crippen molar-refractivity contribution in [2.75, 3.05) is 4.90 Å². The van der Waals surface area contributed by atoms with E-state index in [1.165, 1.54) is 30.9 Å². The molecule has 0 atom stereocenters. The topological polar surface area (TPSA) is 16.4 Å². The van der Waals surface area contributed by atoms with Gasteiger partial charge in [-0.3, -0.25) is 0 Å². The Hall–Kier alpha value is -5.38. The monoisotopic (exact) mass is 567 g/mol. The number of furan rings is 1. The minimum absolute atomic E-state index is 0.881. The highest BCUT2D eigenvalue weighted by Crippen LogP contribution is 2.49. The molecule has 2 aromatic heterocycles. The van der Waals surface area contributed by atoms with Crippen LogP contribution in [0.2, 0.25) is 0 Å². The standard InChI is InChI=1S/C40H25NOS/c1-2-11-27(12-3-1)31-21-22-34-32-14-6-8-16-36(32)42-40(34)39(31)41(29-19-18-26-10-4-5-13-28(26)24-29)30-20-23-38-35(25-30)33-15-7-9-17-37(33)43-38/h1-25H. The van der Waals surface area contributed by atoms with Gasteiger partial charge in [-0.15, -0.1) is 11.3 Å². The fraction of sp³-hybridized carbons (Fsp3) is 0. The van der Waals surface area contributed by atoms with Crippen molar-refractivity contribution in [2.45, 2.75) is 0 Å². The number of fused-ring (bicyclic) bond motifs is 7. The van der Waals surface area contributed by atoms with Crippen LogP contribution in [0.3, 0.4) is 0 Å². The molecule has 0 saturated carbocycles. The van der Waals surface area contributed by atoms with Crippen LogP contribution < -0.4 is 4.90 Å². The van der Waals surface area contributed by atoms with E-state index >= 15 is 0 Å². The molecule has 0 fully saturated rings. The molecule has 0 N–H and O–H groups in total. The minimum atomic E-state index is 0.881. The molecule has 0 aliphatic rings. The number of hydrogen-bond donors (Lipinski definition) is 0. The van der Waals surface area contributed by atoms with E-state index in [0.29, 0.717) is 0 Å². The second-order valence-electron chi connectivity index (χ2n) is 10.9. The molecule has 2 nitrogen and oxygen atoms in total.